The SMILES string of the molecule is Cc1c(C)c(C(=O)OC(C)(C)C)c(C)c2c1OC(C)(COc1ccc(C=C3SC(=O)N(C)C3=O)cc1)CC2. The summed E-state index contributed by atoms with van der Waals surface area (Å²) in [7, 11) is 1.48. The number of imide groups is 1. The van der Waals surface area contributed by atoms with Crippen molar-refractivity contribution in [2.24, 2.45) is 0 Å². The molecular formula is C30H35NO6S. The number of fused-ring (bicyclic) bond motifs is 1. The topological polar surface area (TPSA) is 82.1 Å². The van der Waals surface area contributed by atoms with Crippen LogP contribution in [-0.4, -0.2) is 46.9 Å². The van der Waals surface area contributed by atoms with Crippen LogP contribution in [0, 0.1) is 20.8 Å². The number of hydrogen-bond donors (Lipinski definition) is 0. The quantitative estimate of drug-likeness (QED) is 0.323. The van der Waals surface area contributed by atoms with E-state index in [0.29, 0.717) is 22.8 Å². The normalized spacial score (nSPS) is 20.4. The molecule has 2 aliphatic rings. The van der Waals surface area contributed by atoms with E-state index in [9.17, 15) is 14.4 Å². The summed E-state index contributed by atoms with van der Waals surface area (Å²) in [6.07, 6.45) is 3.21. The van der Waals surface area contributed by atoms with Crippen LogP contribution in [-0.2, 0) is 16.0 Å². The fourth-order valence-corrected chi connectivity index (χ4v) is 5.47. The summed E-state index contributed by atoms with van der Waals surface area (Å²) in [5.74, 6) is 0.918. The van der Waals surface area contributed by atoms with Gasteiger partial charge in [-0.25, -0.2) is 4.79 Å². The Morgan fingerprint density at radius 2 is 1.76 bits per heavy atom. The van der Waals surface area contributed by atoms with Crippen LogP contribution in [0.15, 0.2) is 29.2 Å². The second kappa shape index (κ2) is 10.1. The van der Waals surface area contributed by atoms with Gasteiger partial charge in [0, 0.05) is 7.05 Å². The van der Waals surface area contributed by atoms with Crippen LogP contribution >= 0.6 is 11.8 Å². The predicted molar refractivity (Wildman–Crippen MR) is 149 cm³/mol. The second-order valence-corrected chi connectivity index (χ2v) is 12.2. The lowest BCUT2D eigenvalue weighted by Crippen LogP contribution is -2.42. The first-order valence-corrected chi connectivity index (χ1v) is 13.5. The molecule has 0 bridgehead atoms. The zero-order valence-electron chi connectivity index (χ0n) is 23.3. The molecule has 1 saturated heterocycles. The zero-order valence-corrected chi connectivity index (χ0v) is 24.1. The summed E-state index contributed by atoms with van der Waals surface area (Å²) in [6, 6.07) is 7.39. The molecule has 1 unspecified atom stereocenters. The van der Waals surface area contributed by atoms with E-state index in [1.165, 1.54) is 7.05 Å². The highest BCUT2D eigenvalue weighted by Gasteiger charge is 2.37. The molecule has 2 aromatic carbocycles. The van der Waals surface area contributed by atoms with Crippen molar-refractivity contribution >= 4 is 35.0 Å². The number of carbonyl (C=O) groups is 3. The predicted octanol–water partition coefficient (Wildman–Crippen LogP) is 6.40. The Morgan fingerprint density at radius 1 is 1.11 bits per heavy atom. The average Bonchev–Trinajstić information content (AvgIpc) is 3.07. The van der Waals surface area contributed by atoms with Crippen LogP contribution in [0.1, 0.15) is 72.3 Å². The van der Waals surface area contributed by atoms with Gasteiger partial charge < -0.3 is 14.2 Å². The van der Waals surface area contributed by atoms with Gasteiger partial charge in [0.05, 0.1) is 10.5 Å². The second-order valence-electron chi connectivity index (χ2n) is 11.2. The van der Waals surface area contributed by atoms with Crippen LogP contribution in [0.25, 0.3) is 6.08 Å². The summed E-state index contributed by atoms with van der Waals surface area (Å²) in [5.41, 5.74) is 4.11. The Bertz CT molecular complexity index is 1340. The first-order valence-electron chi connectivity index (χ1n) is 12.7. The lowest BCUT2D eigenvalue weighted by atomic mass is 9.85. The van der Waals surface area contributed by atoms with Crippen LogP contribution in [0.4, 0.5) is 4.79 Å². The molecule has 0 aromatic heterocycles. The van der Waals surface area contributed by atoms with Gasteiger partial charge in [-0.2, -0.15) is 0 Å². The lowest BCUT2D eigenvalue weighted by Gasteiger charge is -2.38. The van der Waals surface area contributed by atoms with Gasteiger partial charge in [-0.3, -0.25) is 14.5 Å². The fourth-order valence-electron chi connectivity index (χ4n) is 4.64. The van der Waals surface area contributed by atoms with E-state index >= 15 is 0 Å². The van der Waals surface area contributed by atoms with Crippen molar-refractivity contribution in [2.75, 3.05) is 13.7 Å². The van der Waals surface area contributed by atoms with E-state index < -0.39 is 11.2 Å². The van der Waals surface area contributed by atoms with E-state index in [4.69, 9.17) is 14.2 Å². The average molecular weight is 538 g/mol. The third-order valence-corrected chi connectivity index (χ3v) is 7.90. The van der Waals surface area contributed by atoms with Crippen LogP contribution in [0.2, 0.25) is 0 Å². The molecule has 2 amide bonds. The van der Waals surface area contributed by atoms with Crippen molar-refractivity contribution in [3.63, 3.8) is 0 Å². The molecule has 2 heterocycles. The van der Waals surface area contributed by atoms with Gasteiger partial charge >= 0.3 is 5.97 Å². The van der Waals surface area contributed by atoms with Crippen molar-refractivity contribution in [1.29, 1.82) is 0 Å². The standard InChI is InChI=1S/C30H35NO6S/c1-17-18(2)25-22(19(3)24(17)27(33)37-29(4,5)6)13-14-30(7,36-25)16-35-21-11-9-20(10-12-21)15-23-26(32)31(8)28(34)38-23/h9-12,15H,13-14,16H2,1-8H3. The molecule has 0 saturated carbocycles. The fraction of sp³-hybridized carbons (Fsp3) is 0.433. The molecule has 2 aliphatic heterocycles. The molecule has 1 atom stereocenters. The van der Waals surface area contributed by atoms with Crippen LogP contribution in [0.5, 0.6) is 11.5 Å². The Hall–Kier alpha value is -3.26. The molecule has 202 valence electrons. The monoisotopic (exact) mass is 537 g/mol. The molecule has 0 radical (unpaired) electrons. The molecule has 0 aliphatic carbocycles. The number of ether oxygens (including phenoxy) is 3. The minimum Gasteiger partial charge on any atom is -0.489 e. The van der Waals surface area contributed by atoms with Crippen molar-refractivity contribution < 1.29 is 28.6 Å². The molecule has 1 fully saturated rings. The largest absolute Gasteiger partial charge is 0.489 e. The Labute approximate surface area is 228 Å². The molecule has 2 aromatic rings. The van der Waals surface area contributed by atoms with Crippen molar-refractivity contribution in [2.45, 2.75) is 72.5 Å². The van der Waals surface area contributed by atoms with Gasteiger partial charge in [-0.1, -0.05) is 12.1 Å². The summed E-state index contributed by atoms with van der Waals surface area (Å²) in [5, 5.41) is -0.273. The summed E-state index contributed by atoms with van der Waals surface area (Å²) in [6.45, 7) is 13.9. The number of rotatable bonds is 5. The molecular weight excluding hydrogens is 502 g/mol. The Balaban J connectivity index is 1.47. The maximum Gasteiger partial charge on any atom is 0.339 e. The van der Waals surface area contributed by atoms with Gasteiger partial charge in [0.2, 0.25) is 0 Å². The van der Waals surface area contributed by atoms with Crippen LogP contribution in [0.3, 0.4) is 0 Å². The highest BCUT2D eigenvalue weighted by atomic mass is 32.2. The zero-order chi connectivity index (χ0) is 28.0. The Morgan fingerprint density at radius 3 is 2.34 bits per heavy atom. The number of benzene rings is 2. The van der Waals surface area contributed by atoms with Crippen molar-refractivity contribution in [3.8, 4) is 11.5 Å². The lowest BCUT2D eigenvalue weighted by molar-refractivity contribution is -0.121. The van der Waals surface area contributed by atoms with Crippen molar-refractivity contribution in [1.82, 2.24) is 4.90 Å². The summed E-state index contributed by atoms with van der Waals surface area (Å²) in [4.78, 5) is 38.3. The van der Waals surface area contributed by atoms with E-state index in [-0.39, 0.29) is 17.1 Å². The molecule has 0 spiro atoms. The number of likely N-dealkylation sites (N-methyl/N-ethyl adjacent to an activating group) is 1. The van der Waals surface area contributed by atoms with Gasteiger partial charge in [-0.05, 0) is 119 Å². The third-order valence-electron chi connectivity index (χ3n) is 6.94. The van der Waals surface area contributed by atoms with Gasteiger partial charge in [0.15, 0.2) is 0 Å². The number of amides is 2. The molecule has 0 N–H and O–H groups in total. The summed E-state index contributed by atoms with van der Waals surface area (Å²) < 4.78 is 18.3. The van der Waals surface area contributed by atoms with E-state index in [2.05, 4.69) is 0 Å². The van der Waals surface area contributed by atoms with Crippen LogP contribution < -0.4 is 9.47 Å². The Kier molecular flexibility index (Phi) is 7.40. The number of hydrogen-bond acceptors (Lipinski definition) is 7. The number of esters is 1. The minimum absolute atomic E-state index is 0.273. The van der Waals surface area contributed by atoms with Gasteiger partial charge in [0.1, 0.15) is 29.3 Å². The number of nitrogens with zero attached hydrogens (tertiary/aromatic N) is 1. The van der Waals surface area contributed by atoms with E-state index in [1.54, 1.807) is 6.08 Å². The first kappa shape index (κ1) is 27.8. The van der Waals surface area contributed by atoms with Crippen molar-refractivity contribution in [3.05, 3.63) is 62.6 Å². The highest BCUT2D eigenvalue weighted by Crippen LogP contribution is 2.41. The van der Waals surface area contributed by atoms with E-state index in [0.717, 1.165) is 63.1 Å². The van der Waals surface area contributed by atoms with E-state index in [1.807, 2.05) is 72.7 Å². The smallest absolute Gasteiger partial charge is 0.339 e. The van der Waals surface area contributed by atoms with Gasteiger partial charge in [-0.15, -0.1) is 0 Å². The highest BCUT2D eigenvalue weighted by molar-refractivity contribution is 8.18. The third kappa shape index (κ3) is 5.60. The molecule has 8 heteroatoms. The molecule has 38 heavy (non-hydrogen) atoms. The summed E-state index contributed by atoms with van der Waals surface area (Å²) >= 11 is 0.936. The maximum absolute atomic E-state index is 13.0. The van der Waals surface area contributed by atoms with Gasteiger partial charge in [0.25, 0.3) is 11.1 Å². The minimum atomic E-state index is -0.566. The number of carbonyl (C=O) groups excluding carboxylic acids is 3. The molecule has 7 nitrogen and oxygen atoms in total. The molecule has 4 rings (SSSR count). The number of thioether (sulfide) groups is 1. The first-order chi connectivity index (χ1) is 17.7. The maximum atomic E-state index is 13.0.